The van der Waals surface area contributed by atoms with Gasteiger partial charge in [0.1, 0.15) is 11.2 Å². The van der Waals surface area contributed by atoms with E-state index in [4.69, 9.17) is 4.74 Å². The van der Waals surface area contributed by atoms with Crippen molar-refractivity contribution in [2.45, 2.75) is 6.61 Å². The maximum atomic E-state index is 5.79. The summed E-state index contributed by atoms with van der Waals surface area (Å²) in [6, 6.07) is 12.1. The molecule has 3 aromatic rings. The van der Waals surface area contributed by atoms with Crippen molar-refractivity contribution in [3.63, 3.8) is 0 Å². The molecule has 0 spiro atoms. The molecule has 2 aromatic heterocycles. The van der Waals surface area contributed by atoms with Crippen molar-refractivity contribution in [3.05, 3.63) is 58.1 Å². The van der Waals surface area contributed by atoms with Crippen LogP contribution in [0.4, 0.5) is 0 Å². The maximum absolute atomic E-state index is 5.79. The number of aromatic nitrogens is 1. The van der Waals surface area contributed by atoms with Gasteiger partial charge in [-0.05, 0) is 44.9 Å². The Labute approximate surface area is 117 Å². The van der Waals surface area contributed by atoms with Gasteiger partial charge < -0.3 is 4.74 Å². The third-order valence-electron chi connectivity index (χ3n) is 2.67. The minimum atomic E-state index is 0.564. The highest BCUT2D eigenvalue weighted by Crippen LogP contribution is 2.28. The number of halogens is 1. The van der Waals surface area contributed by atoms with Gasteiger partial charge in [-0.15, -0.1) is 11.3 Å². The number of hydrogen-bond donors (Lipinski definition) is 0. The fourth-order valence-electron chi connectivity index (χ4n) is 1.78. The molecule has 0 unspecified atom stereocenters. The summed E-state index contributed by atoms with van der Waals surface area (Å²) in [4.78, 5) is 4.14. The molecule has 2 heterocycles. The van der Waals surface area contributed by atoms with Crippen molar-refractivity contribution in [2.75, 3.05) is 0 Å². The van der Waals surface area contributed by atoms with Crippen LogP contribution in [0.25, 0.3) is 10.1 Å². The highest BCUT2D eigenvalue weighted by molar-refractivity contribution is 9.10. The Morgan fingerprint density at radius 1 is 1.17 bits per heavy atom. The number of ether oxygens (including phenoxy) is 1. The largest absolute Gasteiger partial charge is 0.486 e. The zero-order valence-electron chi connectivity index (χ0n) is 9.47. The Morgan fingerprint density at radius 2 is 2.06 bits per heavy atom. The van der Waals surface area contributed by atoms with Gasteiger partial charge in [0, 0.05) is 16.5 Å². The molecule has 0 saturated heterocycles. The van der Waals surface area contributed by atoms with Crippen LogP contribution in [0.1, 0.15) is 5.56 Å². The predicted octanol–water partition coefficient (Wildman–Crippen LogP) is 4.64. The van der Waals surface area contributed by atoms with Crippen LogP contribution in [0.3, 0.4) is 0 Å². The number of rotatable bonds is 3. The normalized spacial score (nSPS) is 10.7. The lowest BCUT2D eigenvalue weighted by molar-refractivity contribution is 0.304. The van der Waals surface area contributed by atoms with Crippen molar-refractivity contribution in [3.8, 4) is 5.75 Å². The third kappa shape index (κ3) is 2.26. The van der Waals surface area contributed by atoms with Crippen molar-refractivity contribution < 1.29 is 4.74 Å². The highest BCUT2D eigenvalue weighted by Gasteiger charge is 2.05. The molecule has 18 heavy (non-hydrogen) atoms. The predicted molar refractivity (Wildman–Crippen MR) is 78.1 cm³/mol. The molecular weight excluding hydrogens is 310 g/mol. The molecule has 0 atom stereocenters. The monoisotopic (exact) mass is 319 g/mol. The van der Waals surface area contributed by atoms with Gasteiger partial charge in [-0.3, -0.25) is 0 Å². The molecule has 2 nitrogen and oxygen atoms in total. The fourth-order valence-corrected chi connectivity index (χ4v) is 3.09. The number of pyridine rings is 1. The third-order valence-corrected chi connectivity index (χ3v) is 4.28. The highest BCUT2D eigenvalue weighted by atomic mass is 79.9. The van der Waals surface area contributed by atoms with E-state index in [0.29, 0.717) is 6.61 Å². The second-order valence-electron chi connectivity index (χ2n) is 3.84. The van der Waals surface area contributed by atoms with Crippen molar-refractivity contribution in [1.82, 2.24) is 4.98 Å². The van der Waals surface area contributed by atoms with E-state index in [1.807, 2.05) is 12.1 Å². The van der Waals surface area contributed by atoms with Gasteiger partial charge in [0.15, 0.2) is 5.75 Å². The van der Waals surface area contributed by atoms with E-state index < -0.39 is 0 Å². The number of nitrogens with zero attached hydrogens (tertiary/aromatic N) is 1. The zero-order chi connectivity index (χ0) is 12.4. The first-order valence-corrected chi connectivity index (χ1v) is 7.20. The summed E-state index contributed by atoms with van der Waals surface area (Å²) in [5, 5.41) is 3.41. The Balaban J connectivity index is 1.83. The Bertz CT molecular complexity index is 680. The van der Waals surface area contributed by atoms with Crippen LogP contribution >= 0.6 is 27.3 Å². The summed E-state index contributed by atoms with van der Waals surface area (Å²) < 4.78 is 7.82. The van der Waals surface area contributed by atoms with Gasteiger partial charge in [0.05, 0.1) is 0 Å². The first-order valence-electron chi connectivity index (χ1n) is 5.53. The van der Waals surface area contributed by atoms with Gasteiger partial charge in [0.25, 0.3) is 0 Å². The van der Waals surface area contributed by atoms with Crippen molar-refractivity contribution >= 4 is 37.4 Å². The molecule has 0 aliphatic carbocycles. The summed E-state index contributed by atoms with van der Waals surface area (Å²) in [5.74, 6) is 0.771. The Hall–Kier alpha value is -1.39. The standard InChI is InChI=1S/C14H10BrNOS/c15-14-12(5-3-7-16-14)17-8-10-9-18-13-6-2-1-4-11(10)13/h1-7,9H,8H2. The minimum Gasteiger partial charge on any atom is -0.486 e. The van der Waals surface area contributed by atoms with Crippen LogP contribution in [0.2, 0.25) is 0 Å². The van der Waals surface area contributed by atoms with E-state index >= 15 is 0 Å². The van der Waals surface area contributed by atoms with Crippen molar-refractivity contribution in [1.29, 1.82) is 0 Å². The summed E-state index contributed by atoms with van der Waals surface area (Å²) in [6.07, 6.45) is 1.73. The van der Waals surface area contributed by atoms with Gasteiger partial charge in [-0.2, -0.15) is 0 Å². The molecule has 1 aromatic carbocycles. The fraction of sp³-hybridized carbons (Fsp3) is 0.0714. The summed E-state index contributed by atoms with van der Waals surface area (Å²) in [5.41, 5.74) is 1.21. The van der Waals surface area contributed by atoms with Gasteiger partial charge in [-0.25, -0.2) is 4.98 Å². The average molecular weight is 320 g/mol. The molecule has 90 valence electrons. The summed E-state index contributed by atoms with van der Waals surface area (Å²) >= 11 is 5.12. The first kappa shape index (κ1) is 11.7. The van der Waals surface area contributed by atoms with Crippen LogP contribution in [0, 0.1) is 0 Å². The lowest BCUT2D eigenvalue weighted by Gasteiger charge is -2.06. The van der Waals surface area contributed by atoms with Crippen LogP contribution in [0.5, 0.6) is 5.75 Å². The molecule has 0 saturated carbocycles. The maximum Gasteiger partial charge on any atom is 0.152 e. The van der Waals surface area contributed by atoms with E-state index in [1.54, 1.807) is 17.5 Å². The smallest absolute Gasteiger partial charge is 0.152 e. The Morgan fingerprint density at radius 3 is 2.94 bits per heavy atom. The quantitative estimate of drug-likeness (QED) is 0.656. The number of benzene rings is 1. The van der Waals surface area contributed by atoms with E-state index in [2.05, 4.69) is 50.6 Å². The lowest BCUT2D eigenvalue weighted by atomic mass is 10.2. The average Bonchev–Trinajstić information content (AvgIpc) is 2.81. The van der Waals surface area contributed by atoms with Gasteiger partial charge >= 0.3 is 0 Å². The van der Waals surface area contributed by atoms with Crippen LogP contribution in [0.15, 0.2) is 52.6 Å². The van der Waals surface area contributed by atoms with Gasteiger partial charge in [-0.1, -0.05) is 18.2 Å². The molecule has 0 radical (unpaired) electrons. The SMILES string of the molecule is Brc1ncccc1OCc1csc2ccccc12. The molecule has 0 aliphatic heterocycles. The zero-order valence-corrected chi connectivity index (χ0v) is 11.9. The molecule has 0 aliphatic rings. The van der Waals surface area contributed by atoms with Crippen LogP contribution < -0.4 is 4.74 Å². The van der Waals surface area contributed by atoms with Crippen molar-refractivity contribution in [2.24, 2.45) is 0 Å². The Kier molecular flexibility index (Phi) is 3.30. The second kappa shape index (κ2) is 5.08. The van der Waals surface area contributed by atoms with E-state index in [1.165, 1.54) is 15.6 Å². The molecule has 3 rings (SSSR count). The number of hydrogen-bond acceptors (Lipinski definition) is 3. The molecule has 0 N–H and O–H groups in total. The molecule has 0 fully saturated rings. The minimum absolute atomic E-state index is 0.564. The topological polar surface area (TPSA) is 22.1 Å². The van der Waals surface area contributed by atoms with E-state index in [0.717, 1.165) is 10.4 Å². The molecule has 0 amide bonds. The summed E-state index contributed by atoms with van der Waals surface area (Å²) in [7, 11) is 0. The van der Waals surface area contributed by atoms with Crippen LogP contribution in [-0.4, -0.2) is 4.98 Å². The molecular formula is C14H10BrNOS. The van der Waals surface area contributed by atoms with E-state index in [-0.39, 0.29) is 0 Å². The molecule has 0 bridgehead atoms. The first-order chi connectivity index (χ1) is 8.84. The number of thiophene rings is 1. The van der Waals surface area contributed by atoms with E-state index in [9.17, 15) is 0 Å². The van der Waals surface area contributed by atoms with Crippen LogP contribution in [-0.2, 0) is 6.61 Å². The molecule has 4 heteroatoms. The van der Waals surface area contributed by atoms with Gasteiger partial charge in [0.2, 0.25) is 0 Å². The summed E-state index contributed by atoms with van der Waals surface area (Å²) in [6.45, 7) is 0.564. The lowest BCUT2D eigenvalue weighted by Crippen LogP contribution is -1.95. The number of fused-ring (bicyclic) bond motifs is 1. The second-order valence-corrected chi connectivity index (χ2v) is 5.50.